The molecule has 4 heteroatoms. The van der Waals surface area contributed by atoms with Gasteiger partial charge < -0.3 is 4.74 Å². The maximum Gasteiger partial charge on any atom is 0.329 e. The van der Waals surface area contributed by atoms with Gasteiger partial charge in [-0.25, -0.2) is 0 Å². The van der Waals surface area contributed by atoms with Crippen LogP contribution in [0.5, 0.6) is 0 Å². The van der Waals surface area contributed by atoms with Gasteiger partial charge in [0.1, 0.15) is 0 Å². The van der Waals surface area contributed by atoms with E-state index in [9.17, 15) is 9.00 Å². The highest BCUT2D eigenvalue weighted by atomic mass is 32.2. The van der Waals surface area contributed by atoms with Crippen LogP contribution in [0.2, 0.25) is 0 Å². The Morgan fingerprint density at radius 2 is 1.84 bits per heavy atom. The van der Waals surface area contributed by atoms with Crippen LogP contribution in [0.15, 0.2) is 41.5 Å². The molecule has 0 aliphatic carbocycles. The summed E-state index contributed by atoms with van der Waals surface area (Å²) in [4.78, 5) is 12.3. The second-order valence-corrected chi connectivity index (χ2v) is 6.59. The van der Waals surface area contributed by atoms with Crippen molar-refractivity contribution in [3.05, 3.63) is 47.0 Å². The smallest absolute Gasteiger partial charge is 0.329 e. The number of allylic oxidation sites excluding steroid dienone is 1. The first-order chi connectivity index (χ1) is 9.02. The molecule has 0 saturated carbocycles. The topological polar surface area (TPSA) is 43.4 Å². The highest BCUT2D eigenvalue weighted by molar-refractivity contribution is 7.87. The van der Waals surface area contributed by atoms with Crippen LogP contribution in [-0.4, -0.2) is 23.0 Å². The van der Waals surface area contributed by atoms with Crippen LogP contribution in [0.3, 0.4) is 0 Å². The standard InChI is InChI=1S/C15H18O3S/c1-11-9-15(14(16)18-3,19(17)10-12(11)2)13-7-5-4-6-8-13/h4-8H,9-10H2,1-3H3/t15-,19-/m1/s1. The molecule has 19 heavy (non-hydrogen) atoms. The van der Waals surface area contributed by atoms with Crippen molar-refractivity contribution in [3.63, 3.8) is 0 Å². The first kappa shape index (κ1) is 14.0. The van der Waals surface area contributed by atoms with Crippen LogP contribution >= 0.6 is 0 Å². The number of carbonyl (C=O) groups excluding carboxylic acids is 1. The van der Waals surface area contributed by atoms with E-state index >= 15 is 0 Å². The molecule has 0 aromatic heterocycles. The molecule has 3 nitrogen and oxygen atoms in total. The lowest BCUT2D eigenvalue weighted by Crippen LogP contribution is -2.45. The summed E-state index contributed by atoms with van der Waals surface area (Å²) in [5, 5.41) is 0. The predicted molar refractivity (Wildman–Crippen MR) is 76.1 cm³/mol. The third-order valence-corrected chi connectivity index (χ3v) is 5.75. The van der Waals surface area contributed by atoms with Crippen LogP contribution in [0, 0.1) is 0 Å². The summed E-state index contributed by atoms with van der Waals surface area (Å²) in [6.45, 7) is 3.96. The number of hydrogen-bond donors (Lipinski definition) is 0. The molecule has 0 N–H and O–H groups in total. The molecule has 0 saturated heterocycles. The quantitative estimate of drug-likeness (QED) is 0.617. The second-order valence-electron chi connectivity index (χ2n) is 4.91. The lowest BCUT2D eigenvalue weighted by atomic mass is 9.89. The lowest BCUT2D eigenvalue weighted by molar-refractivity contribution is -0.144. The largest absolute Gasteiger partial charge is 0.468 e. The number of hydrogen-bond acceptors (Lipinski definition) is 3. The average Bonchev–Trinajstić information content (AvgIpc) is 2.43. The van der Waals surface area contributed by atoms with Crippen LogP contribution in [-0.2, 0) is 25.1 Å². The monoisotopic (exact) mass is 278 g/mol. The van der Waals surface area contributed by atoms with Crippen molar-refractivity contribution in [3.8, 4) is 0 Å². The molecule has 1 aliphatic heterocycles. The summed E-state index contributed by atoms with van der Waals surface area (Å²) in [6, 6.07) is 9.30. The summed E-state index contributed by atoms with van der Waals surface area (Å²) in [5.41, 5.74) is 3.00. The fraction of sp³-hybridized carbons (Fsp3) is 0.400. The third-order valence-electron chi connectivity index (χ3n) is 3.73. The van der Waals surface area contributed by atoms with Gasteiger partial charge in [-0.2, -0.15) is 0 Å². The van der Waals surface area contributed by atoms with Gasteiger partial charge in [-0.1, -0.05) is 41.5 Å². The van der Waals surface area contributed by atoms with Crippen LogP contribution < -0.4 is 0 Å². The molecule has 1 heterocycles. The minimum absolute atomic E-state index is 0.413. The number of esters is 1. The fourth-order valence-corrected chi connectivity index (χ4v) is 4.37. The second kappa shape index (κ2) is 5.29. The van der Waals surface area contributed by atoms with Gasteiger partial charge >= 0.3 is 5.97 Å². The van der Waals surface area contributed by atoms with Gasteiger partial charge in [-0.05, 0) is 19.4 Å². The van der Waals surface area contributed by atoms with Crippen molar-refractivity contribution in [2.75, 3.05) is 12.9 Å². The molecule has 1 aromatic carbocycles. The maximum absolute atomic E-state index is 12.6. The van der Waals surface area contributed by atoms with E-state index in [1.54, 1.807) is 0 Å². The number of rotatable bonds is 2. The number of methoxy groups -OCH3 is 1. The van der Waals surface area contributed by atoms with Crippen LogP contribution in [0.25, 0.3) is 0 Å². The highest BCUT2D eigenvalue weighted by Crippen LogP contribution is 2.41. The van der Waals surface area contributed by atoms with Crippen LogP contribution in [0.1, 0.15) is 25.8 Å². The summed E-state index contributed by atoms with van der Waals surface area (Å²) in [7, 11) is 0.0512. The van der Waals surface area contributed by atoms with Crippen molar-refractivity contribution < 1.29 is 13.7 Å². The molecule has 2 rings (SSSR count). The van der Waals surface area contributed by atoms with E-state index in [0.717, 1.165) is 16.7 Å². The normalized spacial score (nSPS) is 27.2. The molecule has 1 aromatic rings. The Labute approximate surface area is 116 Å². The lowest BCUT2D eigenvalue weighted by Gasteiger charge is -2.35. The summed E-state index contributed by atoms with van der Waals surface area (Å²) in [6.07, 6.45) is 0.460. The van der Waals surface area contributed by atoms with Crippen molar-refractivity contribution in [1.29, 1.82) is 0 Å². The minimum atomic E-state index is -1.30. The van der Waals surface area contributed by atoms with Gasteiger partial charge in [0.05, 0.1) is 7.11 Å². The first-order valence-electron chi connectivity index (χ1n) is 6.20. The van der Waals surface area contributed by atoms with E-state index in [2.05, 4.69) is 0 Å². The molecule has 0 amide bonds. The van der Waals surface area contributed by atoms with Gasteiger partial charge in [0, 0.05) is 23.0 Å². The van der Waals surface area contributed by atoms with E-state index in [1.807, 2.05) is 44.2 Å². The van der Waals surface area contributed by atoms with E-state index < -0.39 is 21.5 Å². The maximum atomic E-state index is 12.6. The highest BCUT2D eigenvalue weighted by Gasteiger charge is 2.49. The minimum Gasteiger partial charge on any atom is -0.468 e. The van der Waals surface area contributed by atoms with Gasteiger partial charge in [0.25, 0.3) is 0 Å². The van der Waals surface area contributed by atoms with Crippen LogP contribution in [0.4, 0.5) is 0 Å². The van der Waals surface area contributed by atoms with E-state index in [0.29, 0.717) is 12.2 Å². The molecular weight excluding hydrogens is 260 g/mol. The number of benzene rings is 1. The SMILES string of the molecule is COC(=O)[C@]1(c2ccccc2)CC(C)=C(C)C[S@]1=O. The van der Waals surface area contributed by atoms with E-state index in [1.165, 1.54) is 7.11 Å². The Morgan fingerprint density at radius 1 is 1.21 bits per heavy atom. The molecule has 0 radical (unpaired) electrons. The molecule has 0 unspecified atom stereocenters. The molecule has 1 aliphatic rings. The zero-order valence-electron chi connectivity index (χ0n) is 11.4. The van der Waals surface area contributed by atoms with Gasteiger partial charge in [-0.3, -0.25) is 9.00 Å². The average molecular weight is 278 g/mol. The summed E-state index contributed by atoms with van der Waals surface area (Å²) >= 11 is 0. The third kappa shape index (κ3) is 2.25. The number of ether oxygens (including phenoxy) is 1. The first-order valence-corrected chi connectivity index (χ1v) is 7.52. The Balaban J connectivity index is 2.61. The molecule has 2 atom stereocenters. The van der Waals surface area contributed by atoms with Gasteiger partial charge in [0.15, 0.2) is 4.75 Å². The predicted octanol–water partition coefficient (Wildman–Crippen LogP) is 2.54. The summed E-state index contributed by atoms with van der Waals surface area (Å²) in [5.74, 6) is 0.0133. The molecule has 102 valence electrons. The Kier molecular flexibility index (Phi) is 3.90. The molecular formula is C15H18O3S. The van der Waals surface area contributed by atoms with Crippen molar-refractivity contribution in [2.24, 2.45) is 0 Å². The zero-order valence-corrected chi connectivity index (χ0v) is 12.3. The zero-order chi connectivity index (χ0) is 14.0. The van der Waals surface area contributed by atoms with Crippen molar-refractivity contribution in [2.45, 2.75) is 25.0 Å². The van der Waals surface area contributed by atoms with E-state index in [4.69, 9.17) is 4.74 Å². The molecule has 0 spiro atoms. The Bertz CT molecular complexity index is 548. The van der Waals surface area contributed by atoms with Gasteiger partial charge in [-0.15, -0.1) is 0 Å². The number of carbonyl (C=O) groups is 1. The molecule has 0 bridgehead atoms. The molecule has 0 fully saturated rings. The Hall–Kier alpha value is -1.42. The fourth-order valence-electron chi connectivity index (χ4n) is 2.44. The van der Waals surface area contributed by atoms with Crippen molar-refractivity contribution in [1.82, 2.24) is 0 Å². The van der Waals surface area contributed by atoms with Gasteiger partial charge in [0.2, 0.25) is 0 Å². The summed E-state index contributed by atoms with van der Waals surface area (Å²) < 4.78 is 16.5. The Morgan fingerprint density at radius 3 is 2.42 bits per heavy atom. The van der Waals surface area contributed by atoms with Crippen molar-refractivity contribution >= 4 is 16.8 Å². The van der Waals surface area contributed by atoms with E-state index in [-0.39, 0.29) is 0 Å².